The number of carbonyl (C=O) groups is 1. The highest BCUT2D eigenvalue weighted by molar-refractivity contribution is 5.74. The van der Waals surface area contributed by atoms with E-state index < -0.39 is 0 Å². The molecule has 0 aliphatic carbocycles. The van der Waals surface area contributed by atoms with Crippen molar-refractivity contribution in [3.05, 3.63) is 35.4 Å². The molecule has 1 rings (SSSR count). The minimum Gasteiger partial charge on any atom is -0.394 e. The van der Waals surface area contributed by atoms with E-state index >= 15 is 0 Å². The Hall–Kier alpha value is -1.59. The highest BCUT2D eigenvalue weighted by Crippen LogP contribution is 2.08. The summed E-state index contributed by atoms with van der Waals surface area (Å²) < 4.78 is 0. The summed E-state index contributed by atoms with van der Waals surface area (Å²) in [6.45, 7) is 9.46. The third-order valence-corrected chi connectivity index (χ3v) is 3.40. The second-order valence-electron chi connectivity index (χ2n) is 5.19. The summed E-state index contributed by atoms with van der Waals surface area (Å²) in [5.41, 5.74) is 2.33. The zero-order chi connectivity index (χ0) is 15.7. The molecule has 1 aromatic rings. The highest BCUT2D eigenvalue weighted by Gasteiger charge is 2.06. The average molecular weight is 293 g/mol. The summed E-state index contributed by atoms with van der Waals surface area (Å²) >= 11 is 0. The maximum Gasteiger partial charge on any atom is 0.315 e. The first-order chi connectivity index (χ1) is 10.1. The number of aliphatic hydroxyl groups is 1. The summed E-state index contributed by atoms with van der Waals surface area (Å²) in [6, 6.07) is 7.75. The van der Waals surface area contributed by atoms with Gasteiger partial charge in [0.1, 0.15) is 0 Å². The van der Waals surface area contributed by atoms with E-state index in [0.717, 1.165) is 25.2 Å². The molecule has 0 aliphatic heterocycles. The summed E-state index contributed by atoms with van der Waals surface area (Å²) in [5, 5.41) is 14.3. The van der Waals surface area contributed by atoms with Gasteiger partial charge in [-0.1, -0.05) is 38.1 Å². The Bertz CT molecular complexity index is 433. The number of urea groups is 1. The van der Waals surface area contributed by atoms with Gasteiger partial charge in [-0.05, 0) is 31.1 Å². The molecule has 1 atom stereocenters. The van der Waals surface area contributed by atoms with Crippen molar-refractivity contribution >= 4 is 6.03 Å². The molecule has 0 heterocycles. The third kappa shape index (κ3) is 6.60. The quantitative estimate of drug-likeness (QED) is 0.683. The monoisotopic (exact) mass is 293 g/mol. The van der Waals surface area contributed by atoms with Crippen LogP contribution in [0.15, 0.2) is 24.3 Å². The van der Waals surface area contributed by atoms with E-state index in [-0.39, 0.29) is 18.7 Å². The van der Waals surface area contributed by atoms with Crippen LogP contribution in [-0.2, 0) is 13.1 Å². The van der Waals surface area contributed by atoms with Crippen molar-refractivity contribution in [3.8, 4) is 0 Å². The first kappa shape index (κ1) is 17.5. The van der Waals surface area contributed by atoms with Gasteiger partial charge in [-0.3, -0.25) is 4.90 Å². The number of aliphatic hydroxyl groups excluding tert-OH is 1. The Morgan fingerprint density at radius 1 is 1.29 bits per heavy atom. The van der Waals surface area contributed by atoms with E-state index in [1.54, 1.807) is 6.92 Å². The fourth-order valence-corrected chi connectivity index (χ4v) is 2.05. The van der Waals surface area contributed by atoms with E-state index in [9.17, 15) is 4.79 Å². The van der Waals surface area contributed by atoms with Gasteiger partial charge in [-0.2, -0.15) is 0 Å². The van der Waals surface area contributed by atoms with Crippen LogP contribution in [0.3, 0.4) is 0 Å². The largest absolute Gasteiger partial charge is 0.394 e. The van der Waals surface area contributed by atoms with Gasteiger partial charge in [-0.25, -0.2) is 4.79 Å². The molecular formula is C16H27N3O2. The number of nitrogens with one attached hydrogen (secondary N) is 2. The summed E-state index contributed by atoms with van der Waals surface area (Å²) in [4.78, 5) is 13.9. The lowest BCUT2D eigenvalue weighted by Gasteiger charge is -2.18. The minimum absolute atomic E-state index is 0.0627. The SMILES string of the molecule is CCN(CC)Cc1cccc(CNC(=O)NC(C)CO)c1. The van der Waals surface area contributed by atoms with Crippen molar-refractivity contribution in [3.63, 3.8) is 0 Å². The van der Waals surface area contributed by atoms with Crippen LogP contribution < -0.4 is 10.6 Å². The van der Waals surface area contributed by atoms with E-state index in [2.05, 4.69) is 41.5 Å². The standard InChI is InChI=1S/C16H27N3O2/c1-4-19(5-2)11-15-8-6-7-14(9-15)10-17-16(21)18-13(3)12-20/h6-9,13,20H,4-5,10-12H2,1-3H3,(H2,17,18,21). The fraction of sp³-hybridized carbons (Fsp3) is 0.562. The predicted octanol–water partition coefficient (Wildman–Crippen LogP) is 1.71. The van der Waals surface area contributed by atoms with Crippen LogP contribution in [0.2, 0.25) is 0 Å². The van der Waals surface area contributed by atoms with Crippen LogP contribution in [-0.4, -0.2) is 41.8 Å². The molecule has 1 unspecified atom stereocenters. The van der Waals surface area contributed by atoms with Gasteiger partial charge in [0, 0.05) is 13.1 Å². The molecule has 0 saturated carbocycles. The molecule has 0 spiro atoms. The maximum absolute atomic E-state index is 11.6. The molecule has 3 N–H and O–H groups in total. The molecule has 0 aliphatic rings. The molecule has 0 fully saturated rings. The van der Waals surface area contributed by atoms with E-state index in [4.69, 9.17) is 5.11 Å². The molecule has 5 nitrogen and oxygen atoms in total. The lowest BCUT2D eigenvalue weighted by Crippen LogP contribution is -2.41. The van der Waals surface area contributed by atoms with Crippen molar-refractivity contribution in [2.24, 2.45) is 0 Å². The maximum atomic E-state index is 11.6. The smallest absolute Gasteiger partial charge is 0.315 e. The van der Waals surface area contributed by atoms with E-state index in [1.165, 1.54) is 5.56 Å². The van der Waals surface area contributed by atoms with Crippen molar-refractivity contribution in [1.82, 2.24) is 15.5 Å². The normalized spacial score (nSPS) is 12.2. The van der Waals surface area contributed by atoms with Crippen molar-refractivity contribution in [1.29, 1.82) is 0 Å². The number of hydrogen-bond acceptors (Lipinski definition) is 3. The van der Waals surface area contributed by atoms with Crippen LogP contribution in [0.4, 0.5) is 4.79 Å². The van der Waals surface area contributed by atoms with Crippen molar-refractivity contribution in [2.45, 2.75) is 39.9 Å². The van der Waals surface area contributed by atoms with E-state index in [0.29, 0.717) is 6.54 Å². The second-order valence-corrected chi connectivity index (χ2v) is 5.19. The lowest BCUT2D eigenvalue weighted by atomic mass is 10.1. The van der Waals surface area contributed by atoms with Crippen LogP contribution in [0.5, 0.6) is 0 Å². The van der Waals surface area contributed by atoms with Gasteiger partial charge in [0.15, 0.2) is 0 Å². The van der Waals surface area contributed by atoms with Gasteiger partial charge in [0.25, 0.3) is 0 Å². The molecule has 0 radical (unpaired) electrons. The second kappa shape index (κ2) is 9.37. The average Bonchev–Trinajstić information content (AvgIpc) is 2.50. The number of nitrogens with zero attached hydrogens (tertiary/aromatic N) is 1. The van der Waals surface area contributed by atoms with Crippen LogP contribution in [0, 0.1) is 0 Å². The Labute approximate surface area is 127 Å². The van der Waals surface area contributed by atoms with Crippen LogP contribution >= 0.6 is 0 Å². The first-order valence-electron chi connectivity index (χ1n) is 7.54. The number of hydrogen-bond donors (Lipinski definition) is 3. The van der Waals surface area contributed by atoms with Crippen LogP contribution in [0.25, 0.3) is 0 Å². The molecule has 21 heavy (non-hydrogen) atoms. The Balaban J connectivity index is 2.51. The molecule has 0 aromatic heterocycles. The number of amides is 2. The molecule has 5 heteroatoms. The van der Waals surface area contributed by atoms with Gasteiger partial charge >= 0.3 is 6.03 Å². The Kier molecular flexibility index (Phi) is 7.79. The molecule has 118 valence electrons. The topological polar surface area (TPSA) is 64.6 Å². The highest BCUT2D eigenvalue weighted by atomic mass is 16.3. The molecular weight excluding hydrogens is 266 g/mol. The number of rotatable bonds is 8. The van der Waals surface area contributed by atoms with Crippen molar-refractivity contribution in [2.75, 3.05) is 19.7 Å². The summed E-state index contributed by atoms with van der Waals surface area (Å²) in [7, 11) is 0. The Morgan fingerprint density at radius 2 is 1.95 bits per heavy atom. The van der Waals surface area contributed by atoms with Gasteiger partial charge in [0.2, 0.25) is 0 Å². The molecule has 1 aromatic carbocycles. The van der Waals surface area contributed by atoms with Crippen LogP contribution in [0.1, 0.15) is 31.9 Å². The predicted molar refractivity (Wildman–Crippen MR) is 85.0 cm³/mol. The van der Waals surface area contributed by atoms with Gasteiger partial charge in [0.05, 0.1) is 12.6 Å². The van der Waals surface area contributed by atoms with Gasteiger partial charge < -0.3 is 15.7 Å². The fourth-order valence-electron chi connectivity index (χ4n) is 2.05. The van der Waals surface area contributed by atoms with Crippen molar-refractivity contribution < 1.29 is 9.90 Å². The van der Waals surface area contributed by atoms with E-state index in [1.807, 2.05) is 12.1 Å². The van der Waals surface area contributed by atoms with Gasteiger partial charge in [-0.15, -0.1) is 0 Å². The number of benzene rings is 1. The molecule has 0 bridgehead atoms. The lowest BCUT2D eigenvalue weighted by molar-refractivity contribution is 0.220. The Morgan fingerprint density at radius 3 is 2.57 bits per heavy atom. The zero-order valence-corrected chi connectivity index (χ0v) is 13.2. The first-order valence-corrected chi connectivity index (χ1v) is 7.54. The minimum atomic E-state index is -0.259. The molecule has 0 saturated heterocycles. The zero-order valence-electron chi connectivity index (χ0n) is 13.2. The third-order valence-electron chi connectivity index (χ3n) is 3.40. The number of carbonyl (C=O) groups excluding carboxylic acids is 1. The summed E-state index contributed by atoms with van der Waals surface area (Å²) in [5.74, 6) is 0. The molecule has 2 amide bonds. The summed E-state index contributed by atoms with van der Waals surface area (Å²) in [6.07, 6.45) is 0.